The molecule has 0 aliphatic heterocycles. The van der Waals surface area contributed by atoms with Gasteiger partial charge in [-0.25, -0.2) is 12.7 Å². The Balaban J connectivity index is 1.64. The highest BCUT2D eigenvalue weighted by molar-refractivity contribution is 7.98. The van der Waals surface area contributed by atoms with E-state index in [1.807, 2.05) is 4.57 Å². The van der Waals surface area contributed by atoms with Crippen LogP contribution in [0.4, 0.5) is 0 Å². The Morgan fingerprint density at radius 3 is 2.67 bits per heavy atom. The molecule has 0 N–H and O–H groups in total. The number of sulfonamides is 1. The van der Waals surface area contributed by atoms with Gasteiger partial charge in [-0.05, 0) is 25.0 Å². The topological polar surface area (TPSA) is 125 Å². The predicted molar refractivity (Wildman–Crippen MR) is 120 cm³/mol. The monoisotopic (exact) mass is 494 g/mol. The van der Waals surface area contributed by atoms with Gasteiger partial charge in [-0.3, -0.25) is 4.57 Å². The van der Waals surface area contributed by atoms with E-state index in [4.69, 9.17) is 14.0 Å². The molecule has 33 heavy (non-hydrogen) atoms. The third-order valence-electron chi connectivity index (χ3n) is 5.19. The average molecular weight is 495 g/mol. The van der Waals surface area contributed by atoms with Crippen LogP contribution in [0.25, 0.3) is 11.4 Å². The lowest BCUT2D eigenvalue weighted by Crippen LogP contribution is -2.22. The molecular weight excluding hydrogens is 468 g/mol. The Hall–Kier alpha value is -2.32. The summed E-state index contributed by atoms with van der Waals surface area (Å²) in [6.45, 7) is 0.307. The van der Waals surface area contributed by atoms with E-state index in [0.29, 0.717) is 46.5 Å². The van der Waals surface area contributed by atoms with Crippen molar-refractivity contribution in [3.05, 3.63) is 36.0 Å². The molecule has 13 heteroatoms. The first kappa shape index (κ1) is 23.8. The van der Waals surface area contributed by atoms with Crippen molar-refractivity contribution in [3.8, 4) is 11.4 Å². The molecule has 0 unspecified atom stereocenters. The van der Waals surface area contributed by atoms with Crippen LogP contribution in [0.15, 0.2) is 38.8 Å². The van der Waals surface area contributed by atoms with Gasteiger partial charge in [-0.1, -0.05) is 29.1 Å². The second-order valence-electron chi connectivity index (χ2n) is 7.74. The van der Waals surface area contributed by atoms with Gasteiger partial charge in [0.25, 0.3) is 0 Å². The van der Waals surface area contributed by atoms with Crippen LogP contribution in [0.5, 0.6) is 0 Å². The van der Waals surface area contributed by atoms with Crippen LogP contribution < -0.4 is 0 Å². The van der Waals surface area contributed by atoms with E-state index in [9.17, 15) is 8.42 Å². The number of aromatic nitrogens is 5. The third-order valence-corrected chi connectivity index (χ3v) is 7.96. The summed E-state index contributed by atoms with van der Waals surface area (Å²) in [7, 11) is 2.49. The molecule has 0 bridgehead atoms. The minimum atomic E-state index is -3.60. The summed E-state index contributed by atoms with van der Waals surface area (Å²) >= 11 is 1.41. The number of hydrogen-bond donors (Lipinski definition) is 0. The number of benzene rings is 1. The van der Waals surface area contributed by atoms with Crippen molar-refractivity contribution in [1.82, 2.24) is 29.2 Å². The zero-order valence-electron chi connectivity index (χ0n) is 18.8. The van der Waals surface area contributed by atoms with Crippen molar-refractivity contribution in [3.63, 3.8) is 0 Å². The largest absolute Gasteiger partial charge is 0.354 e. The molecule has 1 fully saturated rings. The van der Waals surface area contributed by atoms with Crippen LogP contribution >= 0.6 is 11.8 Å². The van der Waals surface area contributed by atoms with E-state index >= 15 is 0 Å². The van der Waals surface area contributed by atoms with Gasteiger partial charge in [0.15, 0.2) is 23.1 Å². The van der Waals surface area contributed by atoms with Crippen LogP contribution in [-0.2, 0) is 31.8 Å². The number of nitrogens with zero attached hydrogens (tertiary/aromatic N) is 6. The summed E-state index contributed by atoms with van der Waals surface area (Å²) in [5.74, 6) is 2.62. The summed E-state index contributed by atoms with van der Waals surface area (Å²) in [5.41, 5.74) is 0.610. The summed E-state index contributed by atoms with van der Waals surface area (Å²) in [4.78, 5) is 4.62. The van der Waals surface area contributed by atoms with Crippen molar-refractivity contribution < 1.29 is 22.4 Å². The summed E-state index contributed by atoms with van der Waals surface area (Å²) in [6, 6.07) is 6.61. The van der Waals surface area contributed by atoms with Crippen molar-refractivity contribution in [2.45, 2.75) is 47.4 Å². The molecule has 3 aromatic rings. The third kappa shape index (κ3) is 5.27. The van der Waals surface area contributed by atoms with Crippen LogP contribution in [0.2, 0.25) is 0 Å². The van der Waals surface area contributed by atoms with E-state index < -0.39 is 16.3 Å². The van der Waals surface area contributed by atoms with Gasteiger partial charge in [0.05, 0.1) is 17.2 Å². The normalized spacial score (nSPS) is 14.5. The molecule has 0 saturated heterocycles. The van der Waals surface area contributed by atoms with E-state index in [1.54, 1.807) is 38.5 Å². The molecule has 0 amide bonds. The lowest BCUT2D eigenvalue weighted by Gasteiger charge is -2.17. The average Bonchev–Trinajstić information content (AvgIpc) is 3.42. The van der Waals surface area contributed by atoms with E-state index in [2.05, 4.69) is 20.3 Å². The molecule has 1 saturated carbocycles. The minimum absolute atomic E-state index is 0.170. The molecular formula is C20H26N6O5S2. The molecule has 2 heterocycles. The molecule has 1 aromatic carbocycles. The maximum absolute atomic E-state index is 12.6. The first-order chi connectivity index (χ1) is 15.8. The molecule has 0 atom stereocenters. The Morgan fingerprint density at radius 2 is 2.00 bits per heavy atom. The highest BCUT2D eigenvalue weighted by Crippen LogP contribution is 2.39. The second-order valence-corrected chi connectivity index (χ2v) is 10.8. The Bertz CT molecular complexity index is 1200. The van der Waals surface area contributed by atoms with Crippen molar-refractivity contribution in [1.29, 1.82) is 0 Å². The highest BCUT2D eigenvalue weighted by Gasteiger charge is 2.30. The van der Waals surface area contributed by atoms with Crippen molar-refractivity contribution in [2.24, 2.45) is 0 Å². The van der Waals surface area contributed by atoms with Gasteiger partial charge in [0.2, 0.25) is 15.9 Å². The summed E-state index contributed by atoms with van der Waals surface area (Å²) in [6.07, 6.45) is 1.63. The number of methoxy groups -OCH3 is 2. The predicted octanol–water partition coefficient (Wildman–Crippen LogP) is 2.37. The van der Waals surface area contributed by atoms with Crippen molar-refractivity contribution >= 4 is 21.8 Å². The van der Waals surface area contributed by atoms with E-state index in [1.165, 1.54) is 30.2 Å². The van der Waals surface area contributed by atoms with Crippen molar-refractivity contribution in [2.75, 3.05) is 28.3 Å². The Morgan fingerprint density at radius 1 is 1.24 bits per heavy atom. The Labute approximate surface area is 196 Å². The highest BCUT2D eigenvalue weighted by atomic mass is 32.2. The zero-order chi connectivity index (χ0) is 23.6. The lowest BCUT2D eigenvalue weighted by atomic mass is 10.2. The number of ether oxygens (including phenoxy) is 2. The van der Waals surface area contributed by atoms with Gasteiger partial charge in [0, 0.05) is 39.8 Å². The van der Waals surface area contributed by atoms with Gasteiger partial charge in [0.1, 0.15) is 0 Å². The molecule has 1 aliphatic rings. The molecule has 178 valence electrons. The minimum Gasteiger partial charge on any atom is -0.354 e. The number of rotatable bonds is 11. The van der Waals surface area contributed by atoms with Crippen LogP contribution in [0.1, 0.15) is 30.5 Å². The molecule has 1 aliphatic carbocycles. The van der Waals surface area contributed by atoms with Crippen LogP contribution in [-0.4, -0.2) is 72.2 Å². The molecule has 11 nitrogen and oxygen atoms in total. The molecule has 0 radical (unpaired) electrons. The Kier molecular flexibility index (Phi) is 7.14. The SMILES string of the molecule is COC(Cn1c(SCc2noc(C3CC3)n2)nnc1-c1cccc(S(=O)(=O)N(C)C)c1)OC. The van der Waals surface area contributed by atoms with E-state index in [0.717, 1.165) is 12.8 Å². The second kappa shape index (κ2) is 9.89. The van der Waals surface area contributed by atoms with Crippen LogP contribution in [0.3, 0.4) is 0 Å². The van der Waals surface area contributed by atoms with Gasteiger partial charge >= 0.3 is 0 Å². The summed E-state index contributed by atoms with van der Waals surface area (Å²) < 4.78 is 44.3. The smallest absolute Gasteiger partial charge is 0.242 e. The zero-order valence-corrected chi connectivity index (χ0v) is 20.5. The van der Waals surface area contributed by atoms with E-state index in [-0.39, 0.29) is 4.90 Å². The first-order valence-corrected chi connectivity index (χ1v) is 12.7. The first-order valence-electron chi connectivity index (χ1n) is 10.3. The summed E-state index contributed by atoms with van der Waals surface area (Å²) in [5, 5.41) is 13.3. The van der Waals surface area contributed by atoms with Gasteiger partial charge in [-0.2, -0.15) is 4.98 Å². The standard InChI is InChI=1S/C20H26N6O5S2/c1-25(2)33(27,28)15-7-5-6-14(10-15)18-22-23-20(26(18)11-17(29-3)30-4)32-12-16-21-19(31-24-16)13-8-9-13/h5-7,10,13,17H,8-9,11-12H2,1-4H3. The maximum Gasteiger partial charge on any atom is 0.242 e. The number of hydrogen-bond acceptors (Lipinski definition) is 10. The molecule has 2 aromatic heterocycles. The van der Waals surface area contributed by atoms with Gasteiger partial charge < -0.3 is 14.0 Å². The molecule has 4 rings (SSSR count). The fourth-order valence-corrected chi connectivity index (χ4v) is 4.86. The van der Waals surface area contributed by atoms with Crippen LogP contribution in [0, 0.1) is 0 Å². The fraction of sp³-hybridized carbons (Fsp3) is 0.500. The molecule has 0 spiro atoms. The fourth-order valence-electron chi connectivity index (χ4n) is 3.13. The van der Waals surface area contributed by atoms with Gasteiger partial charge in [-0.15, -0.1) is 10.2 Å². The number of thioether (sulfide) groups is 1. The quantitative estimate of drug-likeness (QED) is 0.290. The maximum atomic E-state index is 12.6. The lowest BCUT2D eigenvalue weighted by molar-refractivity contribution is -0.111.